The molecule has 3 N–H and O–H groups in total. The maximum Gasteiger partial charge on any atom is 0.244 e. The van der Waals surface area contributed by atoms with E-state index in [4.69, 9.17) is 15.2 Å². The molecule has 1 atom stereocenters. The van der Waals surface area contributed by atoms with Gasteiger partial charge in [-0.25, -0.2) is 0 Å². The van der Waals surface area contributed by atoms with Gasteiger partial charge in [0.15, 0.2) is 0 Å². The van der Waals surface area contributed by atoms with Crippen LogP contribution in [0.3, 0.4) is 0 Å². The van der Waals surface area contributed by atoms with Gasteiger partial charge >= 0.3 is 0 Å². The van der Waals surface area contributed by atoms with E-state index in [0.29, 0.717) is 11.5 Å². The van der Waals surface area contributed by atoms with E-state index in [1.165, 1.54) is 0 Å². The smallest absolute Gasteiger partial charge is 0.244 e. The zero-order valence-electron chi connectivity index (χ0n) is 13.3. The van der Waals surface area contributed by atoms with Crippen molar-refractivity contribution in [1.82, 2.24) is 10.2 Å². The molecule has 2 aromatic rings. The monoisotopic (exact) mass is 310 g/mol. The van der Waals surface area contributed by atoms with Crippen molar-refractivity contribution in [3.8, 4) is 17.7 Å². The average molecular weight is 310 g/mol. The molecule has 23 heavy (non-hydrogen) atoms. The minimum Gasteiger partial charge on any atom is -0.497 e. The summed E-state index contributed by atoms with van der Waals surface area (Å²) in [7, 11) is 1.62. The van der Waals surface area contributed by atoms with E-state index in [2.05, 4.69) is 30.1 Å². The molecule has 1 unspecified atom stereocenters. The molecule has 1 aliphatic heterocycles. The molecule has 1 aliphatic rings. The number of nitriles is 1. The number of rotatable bonds is 3. The molecule has 3 rings (SSSR count). The number of aromatic amines is 1. The maximum atomic E-state index is 9.56. The molecule has 0 bridgehead atoms. The third kappa shape index (κ3) is 2.40. The average Bonchev–Trinajstić information content (AvgIpc) is 2.97. The van der Waals surface area contributed by atoms with Gasteiger partial charge in [-0.3, -0.25) is 5.10 Å². The number of nitrogens with two attached hydrogens (primary N) is 1. The Bertz CT molecular complexity index is 797. The van der Waals surface area contributed by atoms with Gasteiger partial charge < -0.3 is 15.2 Å². The predicted octanol–water partition coefficient (Wildman–Crippen LogP) is 2.76. The summed E-state index contributed by atoms with van der Waals surface area (Å²) >= 11 is 0. The van der Waals surface area contributed by atoms with Crippen molar-refractivity contribution >= 4 is 0 Å². The Hall–Kier alpha value is -2.94. The lowest BCUT2D eigenvalue weighted by atomic mass is 9.82. The Morgan fingerprint density at radius 2 is 2.04 bits per heavy atom. The number of nitrogens with zero attached hydrogens (tertiary/aromatic N) is 2. The number of nitrogens with one attached hydrogen (secondary N) is 1. The van der Waals surface area contributed by atoms with Gasteiger partial charge in [-0.15, -0.1) is 5.10 Å². The molecule has 0 saturated carbocycles. The van der Waals surface area contributed by atoms with Gasteiger partial charge in [0, 0.05) is 5.69 Å². The summed E-state index contributed by atoms with van der Waals surface area (Å²) in [5.74, 6) is 1.21. The lowest BCUT2D eigenvalue weighted by Crippen LogP contribution is -2.21. The standard InChI is InChI=1S/C17H18N4O2/c1-9(2)15-14-13(10-4-6-11(22-3)7-5-10)12(8-18)16(19)23-17(14)21-20-15/h4-7,9,13H,19H2,1-3H3,(H,20,21). The predicted molar refractivity (Wildman–Crippen MR) is 85.0 cm³/mol. The zero-order chi connectivity index (χ0) is 16.6. The number of allylic oxidation sites excluding steroid dienone is 1. The summed E-state index contributed by atoms with van der Waals surface area (Å²) < 4.78 is 10.7. The van der Waals surface area contributed by atoms with E-state index < -0.39 is 0 Å². The Kier molecular flexibility index (Phi) is 3.70. The van der Waals surface area contributed by atoms with Crippen molar-refractivity contribution in [2.75, 3.05) is 7.11 Å². The fourth-order valence-electron chi connectivity index (χ4n) is 2.84. The van der Waals surface area contributed by atoms with Crippen LogP contribution < -0.4 is 15.2 Å². The van der Waals surface area contributed by atoms with Crippen molar-refractivity contribution in [3.63, 3.8) is 0 Å². The molecule has 0 fully saturated rings. The molecule has 0 amide bonds. The highest BCUT2D eigenvalue weighted by atomic mass is 16.5. The van der Waals surface area contributed by atoms with Crippen molar-refractivity contribution in [2.45, 2.75) is 25.7 Å². The topological polar surface area (TPSA) is 96.9 Å². The third-order valence-electron chi connectivity index (χ3n) is 3.99. The fraction of sp³-hybridized carbons (Fsp3) is 0.294. The SMILES string of the molecule is COc1ccc(C2C(C#N)=C(N)Oc3n[nH]c(C(C)C)c32)cc1. The number of aromatic nitrogens is 2. The number of fused-ring (bicyclic) bond motifs is 1. The number of ether oxygens (including phenoxy) is 2. The van der Waals surface area contributed by atoms with E-state index in [1.54, 1.807) is 7.11 Å². The maximum absolute atomic E-state index is 9.56. The van der Waals surface area contributed by atoms with Gasteiger partial charge in [0.2, 0.25) is 11.8 Å². The highest BCUT2D eigenvalue weighted by molar-refractivity contribution is 5.56. The van der Waals surface area contributed by atoms with Crippen LogP contribution in [0.5, 0.6) is 11.6 Å². The normalized spacial score (nSPS) is 16.7. The molecule has 0 saturated heterocycles. The van der Waals surface area contributed by atoms with Crippen LogP contribution in [0.2, 0.25) is 0 Å². The second kappa shape index (κ2) is 5.69. The van der Waals surface area contributed by atoms with Crippen LogP contribution in [-0.2, 0) is 0 Å². The van der Waals surface area contributed by atoms with Crippen LogP contribution in [-0.4, -0.2) is 17.3 Å². The minimum atomic E-state index is -0.300. The van der Waals surface area contributed by atoms with E-state index >= 15 is 0 Å². The second-order valence-electron chi connectivity index (χ2n) is 5.71. The van der Waals surface area contributed by atoms with Gasteiger partial charge in [0.25, 0.3) is 0 Å². The Labute approximate surface area is 134 Å². The zero-order valence-corrected chi connectivity index (χ0v) is 13.3. The van der Waals surface area contributed by atoms with Gasteiger partial charge in [0.1, 0.15) is 17.4 Å². The second-order valence-corrected chi connectivity index (χ2v) is 5.71. The van der Waals surface area contributed by atoms with Crippen LogP contribution in [0.1, 0.15) is 42.5 Å². The molecule has 0 spiro atoms. The number of benzene rings is 1. The largest absolute Gasteiger partial charge is 0.497 e. The van der Waals surface area contributed by atoms with Crippen molar-refractivity contribution in [2.24, 2.45) is 5.73 Å². The lowest BCUT2D eigenvalue weighted by Gasteiger charge is -2.24. The van der Waals surface area contributed by atoms with Crippen LogP contribution in [0.4, 0.5) is 0 Å². The molecule has 0 aliphatic carbocycles. The highest BCUT2D eigenvalue weighted by Crippen LogP contribution is 2.44. The summed E-state index contributed by atoms with van der Waals surface area (Å²) in [5, 5.41) is 16.8. The van der Waals surface area contributed by atoms with Gasteiger partial charge in [-0.05, 0) is 23.6 Å². The van der Waals surface area contributed by atoms with Crippen molar-refractivity contribution in [3.05, 3.63) is 52.5 Å². The Morgan fingerprint density at radius 3 is 2.61 bits per heavy atom. The van der Waals surface area contributed by atoms with Gasteiger partial charge in [-0.2, -0.15) is 5.26 Å². The van der Waals surface area contributed by atoms with E-state index in [1.807, 2.05) is 24.3 Å². The van der Waals surface area contributed by atoms with E-state index in [9.17, 15) is 5.26 Å². The molecule has 2 heterocycles. The summed E-state index contributed by atoms with van der Waals surface area (Å²) in [4.78, 5) is 0. The first kappa shape index (κ1) is 15.0. The van der Waals surface area contributed by atoms with Crippen LogP contribution in [0.15, 0.2) is 35.7 Å². The quantitative estimate of drug-likeness (QED) is 0.908. The molecule has 1 aromatic carbocycles. The van der Waals surface area contributed by atoms with Crippen LogP contribution in [0, 0.1) is 11.3 Å². The van der Waals surface area contributed by atoms with Crippen LogP contribution >= 0.6 is 0 Å². The first-order valence-electron chi connectivity index (χ1n) is 7.36. The molecule has 0 radical (unpaired) electrons. The summed E-state index contributed by atoms with van der Waals surface area (Å²) in [6.07, 6.45) is 0. The highest BCUT2D eigenvalue weighted by Gasteiger charge is 2.35. The lowest BCUT2D eigenvalue weighted by molar-refractivity contribution is 0.378. The number of H-pyrrole nitrogens is 1. The summed E-state index contributed by atoms with van der Waals surface area (Å²) in [5.41, 5.74) is 9.08. The minimum absolute atomic E-state index is 0.0997. The number of hydrogen-bond donors (Lipinski definition) is 2. The Morgan fingerprint density at radius 1 is 1.35 bits per heavy atom. The van der Waals surface area contributed by atoms with Crippen molar-refractivity contribution in [1.29, 1.82) is 5.26 Å². The van der Waals surface area contributed by atoms with Gasteiger partial charge in [-0.1, -0.05) is 26.0 Å². The van der Waals surface area contributed by atoms with Gasteiger partial charge in [0.05, 0.1) is 18.6 Å². The number of methoxy groups -OCH3 is 1. The van der Waals surface area contributed by atoms with Crippen molar-refractivity contribution < 1.29 is 9.47 Å². The molecule has 1 aromatic heterocycles. The molecule has 6 heteroatoms. The molecule has 118 valence electrons. The molecule has 6 nitrogen and oxygen atoms in total. The Balaban J connectivity index is 2.19. The molecular weight excluding hydrogens is 292 g/mol. The van der Waals surface area contributed by atoms with E-state index in [0.717, 1.165) is 22.6 Å². The number of hydrogen-bond acceptors (Lipinski definition) is 5. The third-order valence-corrected chi connectivity index (χ3v) is 3.99. The van der Waals surface area contributed by atoms with Crippen LogP contribution in [0.25, 0.3) is 0 Å². The summed E-state index contributed by atoms with van der Waals surface area (Å²) in [6, 6.07) is 9.78. The first-order chi connectivity index (χ1) is 11.1. The first-order valence-corrected chi connectivity index (χ1v) is 7.36. The summed E-state index contributed by atoms with van der Waals surface area (Å²) in [6.45, 7) is 4.12. The molecular formula is C17H18N4O2. The van der Waals surface area contributed by atoms with E-state index in [-0.39, 0.29) is 17.7 Å². The fourth-order valence-corrected chi connectivity index (χ4v) is 2.84.